The van der Waals surface area contributed by atoms with Crippen molar-refractivity contribution in [2.75, 3.05) is 5.32 Å². The minimum Gasteiger partial charge on any atom is -0.330 e. The number of hydrogen-bond acceptors (Lipinski definition) is 3. The second-order valence-corrected chi connectivity index (χ2v) is 8.37. The van der Waals surface area contributed by atoms with Gasteiger partial charge in [0.2, 0.25) is 11.8 Å². The third-order valence-corrected chi connectivity index (χ3v) is 6.17. The third kappa shape index (κ3) is 3.75. The first kappa shape index (κ1) is 20.0. The lowest BCUT2D eigenvalue weighted by Gasteiger charge is -2.28. The molecule has 1 aromatic heterocycles. The molecule has 1 atom stereocenters. The van der Waals surface area contributed by atoms with Crippen molar-refractivity contribution in [1.29, 1.82) is 0 Å². The molecule has 1 unspecified atom stereocenters. The van der Waals surface area contributed by atoms with Gasteiger partial charge in [-0.2, -0.15) is 5.10 Å². The van der Waals surface area contributed by atoms with Gasteiger partial charge in [-0.25, -0.2) is 0 Å². The van der Waals surface area contributed by atoms with E-state index in [-0.39, 0.29) is 24.2 Å². The van der Waals surface area contributed by atoms with Crippen LogP contribution in [0.15, 0.2) is 71.9 Å². The van der Waals surface area contributed by atoms with Crippen LogP contribution in [0.3, 0.4) is 0 Å². The van der Waals surface area contributed by atoms with Crippen molar-refractivity contribution in [3.05, 3.63) is 83.2 Å². The van der Waals surface area contributed by atoms with Crippen molar-refractivity contribution in [1.82, 2.24) is 15.5 Å². The van der Waals surface area contributed by atoms with Crippen LogP contribution in [0, 0.1) is 6.92 Å². The molecule has 1 aliphatic rings. The molecule has 6 heteroatoms. The first-order chi connectivity index (χ1) is 15.5. The van der Waals surface area contributed by atoms with Gasteiger partial charge in [0.05, 0.1) is 11.9 Å². The second-order valence-electron chi connectivity index (χ2n) is 8.37. The number of nitrogens with one attached hydrogen (secondary N) is 3. The van der Waals surface area contributed by atoms with Crippen LogP contribution in [-0.4, -0.2) is 22.0 Å². The van der Waals surface area contributed by atoms with Crippen molar-refractivity contribution in [3.63, 3.8) is 0 Å². The Morgan fingerprint density at radius 3 is 2.72 bits per heavy atom. The number of rotatable bonds is 4. The minimum absolute atomic E-state index is 0.0225. The quantitative estimate of drug-likeness (QED) is 0.434. The van der Waals surface area contributed by atoms with Gasteiger partial charge in [-0.3, -0.25) is 14.7 Å². The first-order valence-electron chi connectivity index (χ1n) is 10.7. The molecule has 0 fully saturated rings. The molecule has 1 aliphatic heterocycles. The van der Waals surface area contributed by atoms with Gasteiger partial charge >= 0.3 is 0 Å². The van der Waals surface area contributed by atoms with E-state index in [1.165, 1.54) is 0 Å². The lowest BCUT2D eigenvalue weighted by Crippen LogP contribution is -2.32. The van der Waals surface area contributed by atoms with Crippen LogP contribution >= 0.6 is 0 Å². The Hall–Kier alpha value is -3.93. The lowest BCUT2D eigenvalue weighted by molar-refractivity contribution is -0.121. The molecule has 4 aromatic rings. The second kappa shape index (κ2) is 7.96. The SMILES string of the molecule is CC1=C(CC(=O)Nc2ccc3n[nH]c(C)c3c2)C(c2ccc3ccccc3c2)CC(=O)N1. The molecular formula is C26H24N4O2. The minimum atomic E-state index is -0.127. The summed E-state index contributed by atoms with van der Waals surface area (Å²) in [7, 11) is 0. The van der Waals surface area contributed by atoms with Crippen LogP contribution in [-0.2, 0) is 9.59 Å². The summed E-state index contributed by atoms with van der Waals surface area (Å²) in [6.07, 6.45) is 0.546. The van der Waals surface area contributed by atoms with Crippen LogP contribution < -0.4 is 10.6 Å². The van der Waals surface area contributed by atoms with E-state index >= 15 is 0 Å². The Bertz CT molecular complexity index is 1400. The van der Waals surface area contributed by atoms with Crippen molar-refractivity contribution < 1.29 is 9.59 Å². The lowest BCUT2D eigenvalue weighted by atomic mass is 9.82. The van der Waals surface area contributed by atoms with E-state index in [4.69, 9.17) is 0 Å². The standard InChI is InChI=1S/C26H24N4O2/c1-15-21(13-26(32)28-20-9-10-24-22(12-20)16(2)29-30-24)23(14-25(31)27-15)19-8-7-17-5-3-4-6-18(17)11-19/h3-12,23H,13-14H2,1-2H3,(H,27,31)(H,28,32)(H,29,30). The molecule has 32 heavy (non-hydrogen) atoms. The van der Waals surface area contributed by atoms with E-state index in [9.17, 15) is 9.59 Å². The van der Waals surface area contributed by atoms with E-state index in [0.717, 1.165) is 49.9 Å². The molecule has 3 aromatic carbocycles. The normalized spacial score (nSPS) is 16.4. The maximum atomic E-state index is 13.0. The topological polar surface area (TPSA) is 86.9 Å². The van der Waals surface area contributed by atoms with Gasteiger partial charge in [-0.15, -0.1) is 0 Å². The summed E-state index contributed by atoms with van der Waals surface area (Å²) in [5, 5.41) is 16.4. The van der Waals surface area contributed by atoms with E-state index in [0.29, 0.717) is 6.42 Å². The van der Waals surface area contributed by atoms with Gasteiger partial charge in [-0.1, -0.05) is 42.5 Å². The summed E-state index contributed by atoms with van der Waals surface area (Å²) < 4.78 is 0. The van der Waals surface area contributed by atoms with Crippen molar-refractivity contribution in [3.8, 4) is 0 Å². The molecule has 160 valence electrons. The molecule has 6 nitrogen and oxygen atoms in total. The molecule has 0 aliphatic carbocycles. The molecule has 3 N–H and O–H groups in total. The average molecular weight is 425 g/mol. The first-order valence-corrected chi connectivity index (χ1v) is 10.7. The largest absolute Gasteiger partial charge is 0.330 e. The molecular weight excluding hydrogens is 400 g/mol. The Balaban J connectivity index is 1.42. The summed E-state index contributed by atoms with van der Waals surface area (Å²) >= 11 is 0. The number of hydrogen-bond donors (Lipinski definition) is 3. The van der Waals surface area contributed by atoms with E-state index in [1.807, 2.05) is 44.2 Å². The molecule has 5 rings (SSSR count). The van der Waals surface area contributed by atoms with Crippen LogP contribution in [0.4, 0.5) is 5.69 Å². The summed E-state index contributed by atoms with van der Waals surface area (Å²) in [5.41, 5.74) is 5.31. The molecule has 0 spiro atoms. The number of aromatic amines is 1. The molecule has 0 saturated carbocycles. The van der Waals surface area contributed by atoms with E-state index < -0.39 is 0 Å². The van der Waals surface area contributed by atoms with E-state index in [2.05, 4.69) is 51.2 Å². The molecule has 0 bridgehead atoms. The van der Waals surface area contributed by atoms with Crippen LogP contribution in [0.25, 0.3) is 21.7 Å². The zero-order chi connectivity index (χ0) is 22.2. The highest BCUT2D eigenvalue weighted by molar-refractivity contribution is 5.96. The van der Waals surface area contributed by atoms with Crippen molar-refractivity contribution >= 4 is 39.2 Å². The molecule has 0 saturated heterocycles. The van der Waals surface area contributed by atoms with Gasteiger partial charge in [0.25, 0.3) is 0 Å². The Morgan fingerprint density at radius 2 is 1.88 bits per heavy atom. The fourth-order valence-electron chi connectivity index (χ4n) is 4.50. The number of allylic oxidation sites excluding steroid dienone is 1. The summed E-state index contributed by atoms with van der Waals surface area (Å²) in [6, 6.07) is 20.1. The number of nitrogens with zero attached hydrogens (tertiary/aromatic N) is 1. The highest BCUT2D eigenvalue weighted by Gasteiger charge is 2.29. The number of amides is 2. The van der Waals surface area contributed by atoms with Crippen molar-refractivity contribution in [2.45, 2.75) is 32.6 Å². The number of carbonyl (C=O) groups is 2. The predicted molar refractivity (Wildman–Crippen MR) is 126 cm³/mol. The van der Waals surface area contributed by atoms with Crippen LogP contribution in [0.1, 0.15) is 36.9 Å². The van der Waals surface area contributed by atoms with Gasteiger partial charge in [0.15, 0.2) is 0 Å². The highest BCUT2D eigenvalue weighted by Crippen LogP contribution is 2.36. The van der Waals surface area contributed by atoms with Crippen LogP contribution in [0.2, 0.25) is 0 Å². The van der Waals surface area contributed by atoms with Gasteiger partial charge in [0.1, 0.15) is 0 Å². The molecule has 2 amide bonds. The number of H-pyrrole nitrogens is 1. The molecule has 2 heterocycles. The zero-order valence-corrected chi connectivity index (χ0v) is 18.0. The van der Waals surface area contributed by atoms with E-state index in [1.54, 1.807) is 0 Å². The Morgan fingerprint density at radius 1 is 1.06 bits per heavy atom. The Labute approximate surface area is 185 Å². The molecule has 0 radical (unpaired) electrons. The number of fused-ring (bicyclic) bond motifs is 2. The maximum absolute atomic E-state index is 13.0. The summed E-state index contributed by atoms with van der Waals surface area (Å²) in [4.78, 5) is 25.3. The fourth-order valence-corrected chi connectivity index (χ4v) is 4.50. The van der Waals surface area contributed by atoms with Gasteiger partial charge in [0, 0.05) is 34.8 Å². The summed E-state index contributed by atoms with van der Waals surface area (Å²) in [6.45, 7) is 3.82. The number of benzene rings is 3. The van der Waals surface area contributed by atoms with Crippen molar-refractivity contribution in [2.24, 2.45) is 0 Å². The monoisotopic (exact) mass is 424 g/mol. The maximum Gasteiger partial charge on any atom is 0.228 e. The number of aromatic nitrogens is 2. The fraction of sp³-hybridized carbons (Fsp3) is 0.192. The van der Waals surface area contributed by atoms with Crippen LogP contribution in [0.5, 0.6) is 0 Å². The Kier molecular flexibility index (Phi) is 4.98. The number of carbonyl (C=O) groups excluding carboxylic acids is 2. The summed E-state index contributed by atoms with van der Waals surface area (Å²) in [5.74, 6) is -0.259. The predicted octanol–water partition coefficient (Wildman–Crippen LogP) is 4.93. The highest BCUT2D eigenvalue weighted by atomic mass is 16.2. The zero-order valence-electron chi connectivity index (χ0n) is 18.0. The average Bonchev–Trinajstić information content (AvgIpc) is 3.15. The van der Waals surface area contributed by atoms with Gasteiger partial charge < -0.3 is 10.6 Å². The third-order valence-electron chi connectivity index (χ3n) is 6.17. The van der Waals surface area contributed by atoms with Gasteiger partial charge in [-0.05, 0) is 54.0 Å². The number of anilines is 1. The number of aryl methyl sites for hydroxylation is 1. The smallest absolute Gasteiger partial charge is 0.228 e.